The van der Waals surface area contributed by atoms with Gasteiger partial charge < -0.3 is 14.7 Å². The van der Waals surface area contributed by atoms with Crippen LogP contribution in [-0.2, 0) is 14.3 Å². The summed E-state index contributed by atoms with van der Waals surface area (Å²) in [5.74, 6) is -1.19. The molecule has 0 saturated carbocycles. The Balaban J connectivity index is 2.01. The average molecular weight is 333 g/mol. The number of benzene rings is 1. The highest BCUT2D eigenvalue weighted by atomic mass is 16.5. The molecule has 0 aliphatic carbocycles. The Hall–Kier alpha value is -1.88. The van der Waals surface area contributed by atoms with Crippen LogP contribution in [0, 0.1) is 11.8 Å². The second-order valence-electron chi connectivity index (χ2n) is 6.90. The van der Waals surface area contributed by atoms with Crippen LogP contribution in [0.15, 0.2) is 30.3 Å². The number of nitrogens with zero attached hydrogens (tertiary/aromatic N) is 1. The molecule has 1 aromatic rings. The van der Waals surface area contributed by atoms with E-state index in [9.17, 15) is 14.7 Å². The number of carboxylic acids is 1. The Morgan fingerprint density at radius 2 is 1.88 bits per heavy atom. The molecule has 0 radical (unpaired) electrons. The number of carbonyl (C=O) groups excluding carboxylic acids is 1. The third-order valence-corrected chi connectivity index (χ3v) is 4.59. The summed E-state index contributed by atoms with van der Waals surface area (Å²) in [5, 5.41) is 9.52. The summed E-state index contributed by atoms with van der Waals surface area (Å²) in [6.07, 6.45) is 0.370. The normalized spacial score (nSPS) is 21.9. The van der Waals surface area contributed by atoms with E-state index >= 15 is 0 Å². The van der Waals surface area contributed by atoms with Gasteiger partial charge in [0.2, 0.25) is 0 Å². The number of likely N-dealkylation sites (tertiary alicyclic amines) is 1. The lowest BCUT2D eigenvalue weighted by Crippen LogP contribution is -2.38. The Morgan fingerprint density at radius 1 is 1.21 bits per heavy atom. The van der Waals surface area contributed by atoms with Crippen molar-refractivity contribution in [1.29, 1.82) is 0 Å². The van der Waals surface area contributed by atoms with Crippen molar-refractivity contribution in [2.75, 3.05) is 19.7 Å². The minimum atomic E-state index is -0.854. The van der Waals surface area contributed by atoms with Gasteiger partial charge in [-0.1, -0.05) is 44.2 Å². The van der Waals surface area contributed by atoms with E-state index in [1.807, 2.05) is 30.3 Å². The highest BCUT2D eigenvalue weighted by Crippen LogP contribution is 2.33. The molecule has 3 atom stereocenters. The number of carboxylic acid groups (broad SMARTS) is 1. The molecule has 1 N–H and O–H groups in total. The molecule has 1 aliphatic heterocycles. The molecule has 0 aromatic heterocycles. The van der Waals surface area contributed by atoms with Crippen molar-refractivity contribution >= 4 is 11.9 Å². The quantitative estimate of drug-likeness (QED) is 0.833. The van der Waals surface area contributed by atoms with Crippen molar-refractivity contribution in [3.63, 3.8) is 0 Å². The Bertz CT molecular complexity index is 558. The van der Waals surface area contributed by atoms with Crippen LogP contribution in [0.5, 0.6) is 0 Å². The van der Waals surface area contributed by atoms with Gasteiger partial charge in [0.25, 0.3) is 5.91 Å². The molecule has 1 aromatic carbocycles. The van der Waals surface area contributed by atoms with E-state index in [0.29, 0.717) is 19.1 Å². The molecular formula is C19H27NO4. The Kier molecular flexibility index (Phi) is 6.37. The summed E-state index contributed by atoms with van der Waals surface area (Å²) >= 11 is 0. The van der Waals surface area contributed by atoms with Gasteiger partial charge in [-0.15, -0.1) is 0 Å². The summed E-state index contributed by atoms with van der Waals surface area (Å²) in [6.45, 7) is 7.18. The number of hydrogen-bond donors (Lipinski definition) is 1. The maximum absolute atomic E-state index is 12.6. The van der Waals surface area contributed by atoms with E-state index in [2.05, 4.69) is 13.8 Å². The van der Waals surface area contributed by atoms with Crippen molar-refractivity contribution in [3.8, 4) is 0 Å². The molecule has 24 heavy (non-hydrogen) atoms. The molecule has 1 aliphatic rings. The maximum Gasteiger partial charge on any atom is 0.308 e. The molecule has 1 fully saturated rings. The molecule has 0 spiro atoms. The number of ether oxygens (including phenoxy) is 1. The van der Waals surface area contributed by atoms with Crippen molar-refractivity contribution in [2.24, 2.45) is 11.8 Å². The largest absolute Gasteiger partial charge is 0.481 e. The van der Waals surface area contributed by atoms with Crippen LogP contribution < -0.4 is 0 Å². The molecule has 1 heterocycles. The smallest absolute Gasteiger partial charge is 0.308 e. The minimum absolute atomic E-state index is 0.122. The number of aliphatic carboxylic acids is 1. The average Bonchev–Trinajstić information content (AvgIpc) is 3.00. The molecule has 2 rings (SSSR count). The summed E-state index contributed by atoms with van der Waals surface area (Å²) in [5.41, 5.74) is 0.966. The van der Waals surface area contributed by atoms with Crippen LogP contribution in [0.4, 0.5) is 0 Å². The Morgan fingerprint density at radius 3 is 2.46 bits per heavy atom. The molecule has 0 bridgehead atoms. The lowest BCUT2D eigenvalue weighted by molar-refractivity contribution is -0.143. The number of hydrogen-bond acceptors (Lipinski definition) is 3. The van der Waals surface area contributed by atoms with E-state index in [-0.39, 0.29) is 18.4 Å². The lowest BCUT2D eigenvalue weighted by Gasteiger charge is -2.21. The van der Waals surface area contributed by atoms with Crippen molar-refractivity contribution < 1.29 is 19.4 Å². The first kappa shape index (κ1) is 18.5. The number of rotatable bonds is 7. The first-order valence-electron chi connectivity index (χ1n) is 8.58. The SMILES string of the molecule is CC(C)CCOC(C)C(=O)N1C[C@H](C(=O)O)[C@H](c2ccccc2)C1. The summed E-state index contributed by atoms with van der Waals surface area (Å²) < 4.78 is 5.63. The van der Waals surface area contributed by atoms with E-state index in [4.69, 9.17) is 4.74 Å². The zero-order chi connectivity index (χ0) is 17.7. The molecule has 1 amide bonds. The minimum Gasteiger partial charge on any atom is -0.481 e. The van der Waals surface area contributed by atoms with Gasteiger partial charge >= 0.3 is 5.97 Å². The van der Waals surface area contributed by atoms with Crippen LogP contribution in [0.1, 0.15) is 38.7 Å². The second-order valence-corrected chi connectivity index (χ2v) is 6.90. The molecular weight excluding hydrogens is 306 g/mol. The van der Waals surface area contributed by atoms with Gasteiger partial charge in [0.15, 0.2) is 0 Å². The summed E-state index contributed by atoms with van der Waals surface area (Å²) in [4.78, 5) is 25.8. The monoisotopic (exact) mass is 333 g/mol. The van der Waals surface area contributed by atoms with Crippen LogP contribution in [0.25, 0.3) is 0 Å². The topological polar surface area (TPSA) is 66.8 Å². The number of carbonyl (C=O) groups is 2. The fourth-order valence-electron chi connectivity index (χ4n) is 3.08. The fraction of sp³-hybridized carbons (Fsp3) is 0.579. The zero-order valence-corrected chi connectivity index (χ0v) is 14.6. The van der Waals surface area contributed by atoms with Crippen LogP contribution in [-0.4, -0.2) is 47.7 Å². The molecule has 5 heteroatoms. The summed E-state index contributed by atoms with van der Waals surface area (Å²) in [7, 11) is 0. The van der Waals surface area contributed by atoms with E-state index < -0.39 is 18.0 Å². The van der Waals surface area contributed by atoms with Gasteiger partial charge in [-0.2, -0.15) is 0 Å². The zero-order valence-electron chi connectivity index (χ0n) is 14.6. The first-order valence-corrected chi connectivity index (χ1v) is 8.58. The molecule has 1 saturated heterocycles. The van der Waals surface area contributed by atoms with Gasteiger partial charge in [0.05, 0.1) is 5.92 Å². The predicted molar refractivity (Wildman–Crippen MR) is 91.8 cm³/mol. The molecule has 5 nitrogen and oxygen atoms in total. The first-order chi connectivity index (χ1) is 11.4. The second kappa shape index (κ2) is 8.29. The van der Waals surface area contributed by atoms with E-state index in [1.165, 1.54) is 0 Å². The van der Waals surface area contributed by atoms with Crippen molar-refractivity contribution in [3.05, 3.63) is 35.9 Å². The number of amides is 1. The van der Waals surface area contributed by atoms with E-state index in [0.717, 1.165) is 12.0 Å². The molecule has 132 valence electrons. The fourth-order valence-corrected chi connectivity index (χ4v) is 3.08. The Labute approximate surface area is 143 Å². The van der Waals surface area contributed by atoms with Gasteiger partial charge in [0.1, 0.15) is 6.10 Å². The summed E-state index contributed by atoms with van der Waals surface area (Å²) in [6, 6.07) is 9.56. The van der Waals surface area contributed by atoms with Gasteiger partial charge in [-0.25, -0.2) is 0 Å². The highest BCUT2D eigenvalue weighted by molar-refractivity contribution is 5.82. The standard InChI is InChI=1S/C19H27NO4/c1-13(2)9-10-24-14(3)18(21)20-11-16(17(12-20)19(22)23)15-7-5-4-6-8-15/h4-8,13-14,16-17H,9-12H2,1-3H3,(H,22,23)/t14?,16-,17-/m0/s1. The van der Waals surface area contributed by atoms with Gasteiger partial charge in [-0.3, -0.25) is 9.59 Å². The van der Waals surface area contributed by atoms with Crippen LogP contribution in [0.2, 0.25) is 0 Å². The van der Waals surface area contributed by atoms with Gasteiger partial charge in [0, 0.05) is 25.6 Å². The third-order valence-electron chi connectivity index (χ3n) is 4.59. The van der Waals surface area contributed by atoms with Crippen LogP contribution >= 0.6 is 0 Å². The van der Waals surface area contributed by atoms with Crippen molar-refractivity contribution in [1.82, 2.24) is 4.90 Å². The van der Waals surface area contributed by atoms with E-state index in [1.54, 1.807) is 11.8 Å². The lowest BCUT2D eigenvalue weighted by atomic mass is 9.89. The maximum atomic E-state index is 12.6. The van der Waals surface area contributed by atoms with Crippen molar-refractivity contribution in [2.45, 2.75) is 39.2 Å². The van der Waals surface area contributed by atoms with Crippen LogP contribution in [0.3, 0.4) is 0 Å². The molecule has 1 unspecified atom stereocenters. The van der Waals surface area contributed by atoms with Gasteiger partial charge in [-0.05, 0) is 24.8 Å². The highest BCUT2D eigenvalue weighted by Gasteiger charge is 2.41. The predicted octanol–water partition coefficient (Wildman–Crippen LogP) is 2.76. The third kappa shape index (κ3) is 4.57.